The van der Waals surface area contributed by atoms with E-state index in [0.717, 1.165) is 33.3 Å². The minimum absolute atomic E-state index is 0.157. The van der Waals surface area contributed by atoms with Gasteiger partial charge >= 0.3 is 13.1 Å². The van der Waals surface area contributed by atoms with E-state index >= 15 is 0 Å². The van der Waals surface area contributed by atoms with E-state index in [1.807, 2.05) is 64.1 Å². The van der Waals surface area contributed by atoms with E-state index in [1.165, 1.54) is 67.3 Å². The molecule has 0 bridgehead atoms. The van der Waals surface area contributed by atoms with E-state index in [2.05, 4.69) is 56.6 Å². The van der Waals surface area contributed by atoms with Crippen molar-refractivity contribution in [3.05, 3.63) is 221 Å². The summed E-state index contributed by atoms with van der Waals surface area (Å²) in [6, 6.07) is 33.3. The van der Waals surface area contributed by atoms with Crippen LogP contribution in [0.15, 0.2) is 165 Å². The summed E-state index contributed by atoms with van der Waals surface area (Å²) >= 11 is 3.22. The molecule has 6 N–H and O–H groups in total. The SMILES string of the molecule is CC1(C)OB(c2ccc(N)nc2)OC1(C)C.Fc1cccc(CBr)c1.Nc1ccc(Cc2cccc(F)c2)cn1.O=C(Nc1ccc(Cc2cccc(F)c2)cn1)c1ccnnc1.O=C(O)c1ccnnc1. The maximum absolute atomic E-state index is 13.2. The van der Waals surface area contributed by atoms with Crippen molar-refractivity contribution in [2.75, 3.05) is 16.8 Å². The lowest BCUT2D eigenvalue weighted by molar-refractivity contribution is 0.00578. The highest BCUT2D eigenvalue weighted by Gasteiger charge is 2.51. The average molecular weight is 1040 g/mol. The first kappa shape index (κ1) is 55.0. The Morgan fingerprint density at radius 1 is 0.583 bits per heavy atom. The maximum Gasteiger partial charge on any atom is 0.496 e. The number of carbonyl (C=O) groups excluding carboxylic acids is 1. The molecule has 1 amide bonds. The zero-order valence-electron chi connectivity index (χ0n) is 39.7. The van der Waals surface area contributed by atoms with Gasteiger partial charge in [-0.1, -0.05) is 70.5 Å². The summed E-state index contributed by atoms with van der Waals surface area (Å²) in [5.41, 5.74) is 16.6. The third-order valence-corrected chi connectivity index (χ3v) is 11.2. The van der Waals surface area contributed by atoms with Gasteiger partial charge in [-0.3, -0.25) is 4.79 Å². The normalized spacial score (nSPS) is 12.7. The Balaban J connectivity index is 0.000000175. The number of hydrogen-bond donors (Lipinski definition) is 4. The van der Waals surface area contributed by atoms with Gasteiger partial charge in [-0.25, -0.2) is 32.9 Å². The molecule has 20 heteroatoms. The second-order valence-electron chi connectivity index (χ2n) is 16.6. The molecule has 5 aromatic heterocycles. The fourth-order valence-electron chi connectivity index (χ4n) is 6.09. The number of alkyl halides is 1. The van der Waals surface area contributed by atoms with E-state index in [1.54, 1.807) is 61.1 Å². The van der Waals surface area contributed by atoms with E-state index < -0.39 is 5.97 Å². The first-order valence-electron chi connectivity index (χ1n) is 22.0. The number of pyridine rings is 3. The maximum atomic E-state index is 13.2. The van der Waals surface area contributed by atoms with Crippen LogP contribution in [0.2, 0.25) is 0 Å². The number of anilines is 3. The second kappa shape index (κ2) is 26.9. The first-order valence-corrected chi connectivity index (χ1v) is 23.1. The van der Waals surface area contributed by atoms with Crippen LogP contribution in [0.1, 0.15) is 76.2 Å². The van der Waals surface area contributed by atoms with Gasteiger partial charge in [0.05, 0.1) is 47.1 Å². The highest BCUT2D eigenvalue weighted by Crippen LogP contribution is 2.36. The molecule has 15 nitrogen and oxygen atoms in total. The van der Waals surface area contributed by atoms with Crippen LogP contribution >= 0.6 is 15.9 Å². The number of aromatic carboxylic acids is 1. The predicted octanol–water partition coefficient (Wildman–Crippen LogP) is 9.11. The lowest BCUT2D eigenvalue weighted by Crippen LogP contribution is -2.41. The van der Waals surface area contributed by atoms with Gasteiger partial charge in [-0.05, 0) is 135 Å². The average Bonchev–Trinajstić information content (AvgIpc) is 3.59. The smallest absolute Gasteiger partial charge is 0.478 e. The predicted molar refractivity (Wildman–Crippen MR) is 274 cm³/mol. The number of hydrogen-bond acceptors (Lipinski definition) is 13. The van der Waals surface area contributed by atoms with Crippen molar-refractivity contribution in [3.8, 4) is 0 Å². The van der Waals surface area contributed by atoms with Crippen LogP contribution in [0.3, 0.4) is 0 Å². The summed E-state index contributed by atoms with van der Waals surface area (Å²) in [6.45, 7) is 8.10. The molecule has 0 saturated carbocycles. The molecule has 370 valence electrons. The highest BCUT2D eigenvalue weighted by atomic mass is 79.9. The van der Waals surface area contributed by atoms with Gasteiger partial charge in [0.2, 0.25) is 0 Å². The largest absolute Gasteiger partial charge is 0.496 e. The molecule has 1 aliphatic heterocycles. The first-order chi connectivity index (χ1) is 34.4. The van der Waals surface area contributed by atoms with Crippen LogP contribution in [-0.2, 0) is 27.5 Å². The van der Waals surface area contributed by atoms with Gasteiger partial charge in [0.15, 0.2) is 0 Å². The third-order valence-electron chi connectivity index (χ3n) is 10.6. The molecule has 3 aromatic carbocycles. The van der Waals surface area contributed by atoms with Crippen molar-refractivity contribution in [3.63, 3.8) is 0 Å². The summed E-state index contributed by atoms with van der Waals surface area (Å²) in [7, 11) is -0.363. The fourth-order valence-corrected chi connectivity index (χ4v) is 6.44. The third kappa shape index (κ3) is 18.1. The quantitative estimate of drug-likeness (QED) is 0.0781. The molecule has 1 fully saturated rings. The Morgan fingerprint density at radius 3 is 1.44 bits per heavy atom. The number of aromatic nitrogens is 7. The van der Waals surface area contributed by atoms with Crippen molar-refractivity contribution in [1.29, 1.82) is 0 Å². The zero-order chi connectivity index (χ0) is 52.1. The van der Waals surface area contributed by atoms with Crippen molar-refractivity contribution in [2.24, 2.45) is 0 Å². The molecule has 0 unspecified atom stereocenters. The zero-order valence-corrected chi connectivity index (χ0v) is 41.3. The van der Waals surface area contributed by atoms with Gasteiger partial charge in [0.1, 0.15) is 34.9 Å². The summed E-state index contributed by atoms with van der Waals surface area (Å²) in [5.74, 6) is -0.489. The number of carboxylic acid groups (broad SMARTS) is 1. The van der Waals surface area contributed by atoms with E-state index in [0.29, 0.717) is 41.2 Å². The van der Waals surface area contributed by atoms with E-state index in [-0.39, 0.29) is 47.2 Å². The molecule has 1 saturated heterocycles. The van der Waals surface area contributed by atoms with Gasteiger partial charge in [-0.2, -0.15) is 20.4 Å². The van der Waals surface area contributed by atoms with E-state index in [9.17, 15) is 22.8 Å². The number of benzene rings is 3. The molecule has 0 radical (unpaired) electrons. The molecular formula is C52H51BBrF3N10O5. The highest BCUT2D eigenvalue weighted by molar-refractivity contribution is 9.08. The lowest BCUT2D eigenvalue weighted by Gasteiger charge is -2.32. The molecule has 72 heavy (non-hydrogen) atoms. The van der Waals surface area contributed by atoms with Crippen LogP contribution in [0.25, 0.3) is 0 Å². The van der Waals surface area contributed by atoms with Crippen LogP contribution in [0.5, 0.6) is 0 Å². The summed E-state index contributed by atoms with van der Waals surface area (Å²) < 4.78 is 50.2. The second-order valence-corrected chi connectivity index (χ2v) is 17.2. The fraction of sp³-hybridized carbons (Fsp3) is 0.173. The number of halogens is 4. The number of amides is 1. The summed E-state index contributed by atoms with van der Waals surface area (Å²) in [6.07, 6.45) is 11.7. The number of nitrogen functional groups attached to an aromatic ring is 2. The Morgan fingerprint density at radius 2 is 1.06 bits per heavy atom. The molecule has 8 aromatic rings. The van der Waals surface area contributed by atoms with Gasteiger partial charge in [-0.15, -0.1) is 0 Å². The minimum Gasteiger partial charge on any atom is -0.478 e. The van der Waals surface area contributed by atoms with Crippen LogP contribution in [0, 0.1) is 17.5 Å². The number of carbonyl (C=O) groups is 2. The number of nitrogens with one attached hydrogen (secondary N) is 1. The summed E-state index contributed by atoms with van der Waals surface area (Å²) in [5, 5.41) is 25.8. The molecule has 0 atom stereocenters. The summed E-state index contributed by atoms with van der Waals surface area (Å²) in [4.78, 5) is 34.3. The number of carboxylic acids is 1. The molecule has 1 aliphatic rings. The molecular weight excluding hydrogens is 992 g/mol. The van der Waals surface area contributed by atoms with E-state index in [4.69, 9.17) is 25.9 Å². The molecule has 0 spiro atoms. The number of nitrogens with two attached hydrogens (primary N) is 2. The van der Waals surface area contributed by atoms with Crippen LogP contribution < -0.4 is 22.2 Å². The standard InChI is InChI=1S/C17H13FN4O.C12H11FN2.C11H17BN2O2.C7H6BrF.C5H4N2O2/c18-15-3-1-2-12(9-15)8-13-4-5-16(19-10-13)22-17(23)14-6-7-20-21-11-14;13-11-3-1-2-9(7-11)6-10-4-5-12(14)15-8-10;1-10(2)11(3,4)16-12(15-10)8-5-6-9(13)14-7-8;8-5-6-2-1-3-7(9)4-6;8-5(9)4-1-2-6-7-3-4/h1-7,9-11H,8H2,(H,19,22,23);1-5,7-8H,6H2,(H2,14,15);5-7H,1-4H3,(H2,13,14);1-4H,5H2;1-3H,(H,8,9). The number of nitrogens with zero attached hydrogens (tertiary/aromatic N) is 7. The van der Waals surface area contributed by atoms with Crippen molar-refractivity contribution < 1.29 is 37.2 Å². The molecule has 6 heterocycles. The van der Waals surface area contributed by atoms with Gasteiger partial charge < -0.3 is 31.2 Å². The molecule has 9 rings (SSSR count). The molecule has 0 aliphatic carbocycles. The van der Waals surface area contributed by atoms with Crippen molar-refractivity contribution in [2.45, 2.75) is 57.1 Å². The van der Waals surface area contributed by atoms with Gasteiger partial charge in [0, 0.05) is 29.4 Å². The lowest BCUT2D eigenvalue weighted by atomic mass is 9.80. The van der Waals surface area contributed by atoms with Crippen LogP contribution in [-0.4, -0.2) is 70.7 Å². The van der Waals surface area contributed by atoms with Crippen molar-refractivity contribution >= 4 is 57.8 Å². The Kier molecular flexibility index (Phi) is 20.5. The Labute approximate surface area is 423 Å². The van der Waals surface area contributed by atoms with Crippen LogP contribution in [0.4, 0.5) is 30.6 Å². The van der Waals surface area contributed by atoms with Gasteiger partial charge in [0.25, 0.3) is 5.91 Å². The minimum atomic E-state index is -0.982. The topological polar surface area (TPSA) is 227 Å². The monoisotopic (exact) mass is 1040 g/mol. The van der Waals surface area contributed by atoms with Crippen molar-refractivity contribution in [1.82, 2.24) is 35.3 Å². The Bertz CT molecular complexity index is 2940. The Hall–Kier alpha value is -7.94. The number of rotatable bonds is 9.